The van der Waals surface area contributed by atoms with E-state index in [0.717, 1.165) is 12.8 Å². The van der Waals surface area contributed by atoms with Gasteiger partial charge in [0.15, 0.2) is 5.76 Å². The molecule has 0 fully saturated rings. The maximum Gasteiger partial charge on any atom is 0.341 e. The van der Waals surface area contributed by atoms with Gasteiger partial charge in [-0.3, -0.25) is 9.59 Å². The van der Waals surface area contributed by atoms with Gasteiger partial charge < -0.3 is 24.5 Å². The summed E-state index contributed by atoms with van der Waals surface area (Å²) in [4.78, 5) is 36.0. The molecule has 0 unspecified atom stereocenters. The molecular formula is C19H22N2O6. The molecule has 0 saturated heterocycles. The fourth-order valence-corrected chi connectivity index (χ4v) is 2.28. The quantitative estimate of drug-likeness (QED) is 0.541. The van der Waals surface area contributed by atoms with Crippen LogP contribution < -0.4 is 15.4 Å². The second kappa shape index (κ2) is 9.42. The van der Waals surface area contributed by atoms with Gasteiger partial charge in [-0.1, -0.05) is 13.3 Å². The molecule has 0 radical (unpaired) electrons. The topological polar surface area (TPSA) is 107 Å². The van der Waals surface area contributed by atoms with Gasteiger partial charge in [0.1, 0.15) is 11.3 Å². The lowest BCUT2D eigenvalue weighted by atomic mass is 10.1. The van der Waals surface area contributed by atoms with Crippen LogP contribution in [-0.2, 0) is 9.53 Å². The molecule has 2 aromatic rings. The van der Waals surface area contributed by atoms with Crippen molar-refractivity contribution in [3.63, 3.8) is 0 Å². The summed E-state index contributed by atoms with van der Waals surface area (Å²) in [5.74, 6) is -1.14. The maximum absolute atomic E-state index is 12.3. The number of hydrogen-bond acceptors (Lipinski definition) is 6. The summed E-state index contributed by atoms with van der Waals surface area (Å²) in [7, 11) is 1.25. The predicted molar refractivity (Wildman–Crippen MR) is 99.1 cm³/mol. The lowest BCUT2D eigenvalue weighted by Crippen LogP contribution is -2.16. The van der Waals surface area contributed by atoms with Gasteiger partial charge in [0.2, 0.25) is 5.91 Å². The fraction of sp³-hybridized carbons (Fsp3) is 0.316. The van der Waals surface area contributed by atoms with Crippen LogP contribution in [0.2, 0.25) is 0 Å². The molecule has 2 amide bonds. The Morgan fingerprint density at radius 1 is 1.15 bits per heavy atom. The Morgan fingerprint density at radius 2 is 1.89 bits per heavy atom. The van der Waals surface area contributed by atoms with E-state index in [1.54, 1.807) is 6.07 Å². The lowest BCUT2D eigenvalue weighted by molar-refractivity contribution is -0.114. The van der Waals surface area contributed by atoms with Crippen LogP contribution in [0.3, 0.4) is 0 Å². The summed E-state index contributed by atoms with van der Waals surface area (Å²) in [6.45, 7) is 3.75. The lowest BCUT2D eigenvalue weighted by Gasteiger charge is -2.16. The summed E-state index contributed by atoms with van der Waals surface area (Å²) in [6, 6.07) is 5.96. The summed E-state index contributed by atoms with van der Waals surface area (Å²) >= 11 is 0. The summed E-state index contributed by atoms with van der Waals surface area (Å²) in [6.07, 6.45) is 3.09. The number of rotatable bonds is 8. The van der Waals surface area contributed by atoms with Crippen molar-refractivity contribution in [3.8, 4) is 5.75 Å². The van der Waals surface area contributed by atoms with Crippen LogP contribution >= 0.6 is 0 Å². The minimum atomic E-state index is -0.621. The van der Waals surface area contributed by atoms with Crippen molar-refractivity contribution >= 4 is 29.2 Å². The SMILES string of the molecule is CCCCOc1cc(NC(C)=O)c(NC(=O)c2ccco2)cc1C(=O)OC. The highest BCUT2D eigenvalue weighted by Gasteiger charge is 2.20. The zero-order chi connectivity index (χ0) is 19.8. The minimum absolute atomic E-state index is 0.0895. The monoisotopic (exact) mass is 374 g/mol. The van der Waals surface area contributed by atoms with E-state index in [9.17, 15) is 14.4 Å². The van der Waals surface area contributed by atoms with E-state index in [-0.39, 0.29) is 28.7 Å². The van der Waals surface area contributed by atoms with E-state index >= 15 is 0 Å². The van der Waals surface area contributed by atoms with Gasteiger partial charge in [-0.05, 0) is 24.6 Å². The standard InChI is InChI=1S/C19H22N2O6/c1-4-5-8-27-17-11-15(20-12(2)22)14(10-13(17)19(24)25-3)21-18(23)16-7-6-9-26-16/h6-7,9-11H,4-5,8H2,1-3H3,(H,20,22)(H,21,23). The van der Waals surface area contributed by atoms with Gasteiger partial charge in [0.05, 0.1) is 31.4 Å². The van der Waals surface area contributed by atoms with Crippen molar-refractivity contribution in [3.05, 3.63) is 41.9 Å². The second-order valence-corrected chi connectivity index (χ2v) is 5.70. The van der Waals surface area contributed by atoms with Crippen LogP contribution in [-0.4, -0.2) is 31.5 Å². The first kappa shape index (κ1) is 20.0. The van der Waals surface area contributed by atoms with Crippen molar-refractivity contribution in [1.82, 2.24) is 0 Å². The number of methoxy groups -OCH3 is 1. The Balaban J connectivity index is 2.43. The molecule has 2 N–H and O–H groups in total. The average Bonchev–Trinajstić information content (AvgIpc) is 3.17. The van der Waals surface area contributed by atoms with Crippen molar-refractivity contribution in [1.29, 1.82) is 0 Å². The van der Waals surface area contributed by atoms with E-state index in [2.05, 4.69) is 10.6 Å². The number of anilines is 2. The van der Waals surface area contributed by atoms with Crippen molar-refractivity contribution < 1.29 is 28.3 Å². The van der Waals surface area contributed by atoms with Crippen LogP contribution in [0, 0.1) is 0 Å². The highest BCUT2D eigenvalue weighted by Crippen LogP contribution is 2.32. The molecule has 0 saturated carbocycles. The summed E-state index contributed by atoms with van der Waals surface area (Å²) in [5, 5.41) is 5.24. The molecule has 1 aromatic heterocycles. The summed E-state index contributed by atoms with van der Waals surface area (Å²) < 4.78 is 15.5. The number of ether oxygens (including phenoxy) is 2. The van der Waals surface area contributed by atoms with Gasteiger partial charge in [-0.15, -0.1) is 0 Å². The third-order valence-electron chi connectivity index (χ3n) is 3.58. The number of carbonyl (C=O) groups excluding carboxylic acids is 3. The van der Waals surface area contributed by atoms with E-state index in [0.29, 0.717) is 12.3 Å². The first-order valence-electron chi connectivity index (χ1n) is 8.47. The zero-order valence-electron chi connectivity index (χ0n) is 15.5. The van der Waals surface area contributed by atoms with Gasteiger partial charge in [-0.2, -0.15) is 0 Å². The first-order valence-corrected chi connectivity index (χ1v) is 8.47. The molecule has 1 aromatic carbocycles. The molecule has 1 heterocycles. The van der Waals surface area contributed by atoms with E-state index in [1.165, 1.54) is 38.5 Å². The van der Waals surface area contributed by atoms with Crippen LogP contribution in [0.5, 0.6) is 5.75 Å². The molecule has 144 valence electrons. The van der Waals surface area contributed by atoms with Crippen molar-refractivity contribution in [2.45, 2.75) is 26.7 Å². The molecule has 0 spiro atoms. The van der Waals surface area contributed by atoms with Crippen LogP contribution in [0.4, 0.5) is 11.4 Å². The smallest absolute Gasteiger partial charge is 0.341 e. The largest absolute Gasteiger partial charge is 0.493 e. The molecule has 0 bridgehead atoms. The van der Waals surface area contributed by atoms with Crippen LogP contribution in [0.25, 0.3) is 0 Å². The zero-order valence-corrected chi connectivity index (χ0v) is 15.5. The molecule has 2 rings (SSSR count). The molecule has 27 heavy (non-hydrogen) atoms. The van der Waals surface area contributed by atoms with E-state index < -0.39 is 11.9 Å². The van der Waals surface area contributed by atoms with Crippen molar-refractivity contribution in [2.75, 3.05) is 24.4 Å². The Bertz CT molecular complexity index is 814. The third kappa shape index (κ3) is 5.34. The number of furan rings is 1. The number of hydrogen-bond donors (Lipinski definition) is 2. The Hall–Kier alpha value is -3.29. The fourth-order valence-electron chi connectivity index (χ4n) is 2.28. The van der Waals surface area contributed by atoms with Crippen LogP contribution in [0.1, 0.15) is 47.6 Å². The molecule has 8 nitrogen and oxygen atoms in total. The second-order valence-electron chi connectivity index (χ2n) is 5.70. The van der Waals surface area contributed by atoms with E-state index in [1.807, 2.05) is 6.92 Å². The normalized spacial score (nSPS) is 10.2. The Labute approximate surface area is 156 Å². The molecule has 0 aliphatic rings. The molecule has 0 atom stereocenters. The molecular weight excluding hydrogens is 352 g/mol. The number of carbonyl (C=O) groups is 3. The number of nitrogens with one attached hydrogen (secondary N) is 2. The Kier molecular flexibility index (Phi) is 6.99. The van der Waals surface area contributed by atoms with Gasteiger partial charge >= 0.3 is 5.97 Å². The predicted octanol–water partition coefficient (Wildman–Crippen LogP) is 3.46. The highest BCUT2D eigenvalue weighted by atomic mass is 16.5. The van der Waals surface area contributed by atoms with Gasteiger partial charge in [0, 0.05) is 13.0 Å². The van der Waals surface area contributed by atoms with Gasteiger partial charge in [0.25, 0.3) is 5.91 Å². The average molecular weight is 374 g/mol. The third-order valence-corrected chi connectivity index (χ3v) is 3.58. The highest BCUT2D eigenvalue weighted by molar-refractivity contribution is 6.07. The number of unbranched alkanes of at least 4 members (excludes halogenated alkanes) is 1. The number of esters is 1. The number of amides is 2. The molecule has 0 aliphatic heterocycles. The molecule has 0 aliphatic carbocycles. The summed E-state index contributed by atoms with van der Waals surface area (Å²) in [5.41, 5.74) is 0.647. The molecule has 8 heteroatoms. The van der Waals surface area contributed by atoms with E-state index in [4.69, 9.17) is 13.9 Å². The van der Waals surface area contributed by atoms with Crippen molar-refractivity contribution in [2.24, 2.45) is 0 Å². The maximum atomic E-state index is 12.3. The Morgan fingerprint density at radius 3 is 2.48 bits per heavy atom. The van der Waals surface area contributed by atoms with Crippen LogP contribution in [0.15, 0.2) is 34.9 Å². The number of benzene rings is 1. The van der Waals surface area contributed by atoms with Gasteiger partial charge in [-0.25, -0.2) is 4.79 Å². The minimum Gasteiger partial charge on any atom is -0.493 e. The first-order chi connectivity index (χ1) is 13.0.